The number of carbonyl (C=O) groups is 2. The van der Waals surface area contributed by atoms with Crippen LogP contribution in [-0.4, -0.2) is 31.6 Å². The third kappa shape index (κ3) is 6.61. The van der Waals surface area contributed by atoms with Crippen molar-refractivity contribution in [2.45, 2.75) is 32.9 Å². The molecular formula is C22H27NO5. The molecule has 0 radical (unpaired) electrons. The predicted molar refractivity (Wildman–Crippen MR) is 106 cm³/mol. The van der Waals surface area contributed by atoms with E-state index >= 15 is 0 Å². The van der Waals surface area contributed by atoms with Gasteiger partial charge in [-0.1, -0.05) is 50.6 Å². The normalized spacial score (nSPS) is 12.5. The molecule has 2 aromatic rings. The summed E-state index contributed by atoms with van der Waals surface area (Å²) in [6, 6.07) is 16.2. The van der Waals surface area contributed by atoms with Crippen molar-refractivity contribution >= 4 is 11.9 Å². The molecule has 2 aromatic carbocycles. The maximum atomic E-state index is 12.1. The van der Waals surface area contributed by atoms with Crippen LogP contribution in [0.25, 0.3) is 0 Å². The standard InChI is InChI=1S/C22H27NO5/c1-4-16(2)21(22(25)26-3)23-20(24)15-28-19-12-10-18(11-13-19)27-14-17-8-6-5-7-9-17/h5-13,16,21H,4,14-15H2,1-3H3,(H,23,24)/t16-,21+/m0/s1. The van der Waals surface area contributed by atoms with Crippen LogP contribution in [0.5, 0.6) is 11.5 Å². The maximum Gasteiger partial charge on any atom is 0.328 e. The van der Waals surface area contributed by atoms with Gasteiger partial charge in [0.25, 0.3) is 5.91 Å². The van der Waals surface area contributed by atoms with Crippen LogP contribution >= 0.6 is 0 Å². The minimum absolute atomic E-state index is 0.0301. The van der Waals surface area contributed by atoms with E-state index < -0.39 is 12.0 Å². The molecule has 6 heteroatoms. The first-order valence-corrected chi connectivity index (χ1v) is 9.30. The summed E-state index contributed by atoms with van der Waals surface area (Å²) < 4.78 is 16.0. The van der Waals surface area contributed by atoms with Gasteiger partial charge < -0.3 is 19.5 Å². The Morgan fingerprint density at radius 3 is 2.14 bits per heavy atom. The molecule has 0 aliphatic heterocycles. The lowest BCUT2D eigenvalue weighted by Gasteiger charge is -2.21. The summed E-state index contributed by atoms with van der Waals surface area (Å²) in [4.78, 5) is 24.0. The van der Waals surface area contributed by atoms with Crippen LogP contribution in [0.4, 0.5) is 0 Å². The molecule has 0 bridgehead atoms. The summed E-state index contributed by atoms with van der Waals surface area (Å²) in [5, 5.41) is 2.68. The number of benzene rings is 2. The molecule has 0 aliphatic rings. The molecule has 0 unspecified atom stereocenters. The van der Waals surface area contributed by atoms with E-state index in [1.54, 1.807) is 24.3 Å². The lowest BCUT2D eigenvalue weighted by atomic mass is 9.99. The highest BCUT2D eigenvalue weighted by atomic mass is 16.5. The molecule has 150 valence electrons. The zero-order valence-electron chi connectivity index (χ0n) is 16.5. The van der Waals surface area contributed by atoms with Crippen molar-refractivity contribution in [3.63, 3.8) is 0 Å². The molecule has 6 nitrogen and oxygen atoms in total. The quantitative estimate of drug-likeness (QED) is 0.635. The van der Waals surface area contributed by atoms with Crippen molar-refractivity contribution in [1.29, 1.82) is 0 Å². The second-order valence-electron chi connectivity index (χ2n) is 6.49. The van der Waals surface area contributed by atoms with E-state index in [1.807, 2.05) is 44.2 Å². The van der Waals surface area contributed by atoms with Gasteiger partial charge in [0.1, 0.15) is 24.1 Å². The first-order chi connectivity index (χ1) is 13.5. The van der Waals surface area contributed by atoms with E-state index in [9.17, 15) is 9.59 Å². The van der Waals surface area contributed by atoms with E-state index in [1.165, 1.54) is 7.11 Å². The second-order valence-corrected chi connectivity index (χ2v) is 6.49. The van der Waals surface area contributed by atoms with Gasteiger partial charge in [-0.3, -0.25) is 4.79 Å². The molecule has 0 aromatic heterocycles. The fourth-order valence-electron chi connectivity index (χ4n) is 2.53. The van der Waals surface area contributed by atoms with Crippen molar-refractivity contribution in [3.05, 3.63) is 60.2 Å². The molecule has 1 N–H and O–H groups in total. The van der Waals surface area contributed by atoms with E-state index in [4.69, 9.17) is 14.2 Å². The second kappa shape index (κ2) is 11.0. The Kier molecular flexibility index (Phi) is 8.34. The Hall–Kier alpha value is -3.02. The van der Waals surface area contributed by atoms with Crippen LogP contribution in [0.2, 0.25) is 0 Å². The molecule has 2 atom stereocenters. The number of esters is 1. The lowest BCUT2D eigenvalue weighted by molar-refractivity contribution is -0.146. The number of methoxy groups -OCH3 is 1. The van der Waals surface area contributed by atoms with E-state index in [0.29, 0.717) is 18.1 Å². The van der Waals surface area contributed by atoms with Gasteiger partial charge in [0.15, 0.2) is 6.61 Å². The predicted octanol–water partition coefficient (Wildman–Crippen LogP) is 3.35. The summed E-state index contributed by atoms with van der Waals surface area (Å²) in [5.41, 5.74) is 1.08. The monoisotopic (exact) mass is 385 g/mol. The number of nitrogens with one attached hydrogen (secondary N) is 1. The zero-order chi connectivity index (χ0) is 20.4. The number of hydrogen-bond acceptors (Lipinski definition) is 5. The number of hydrogen-bond donors (Lipinski definition) is 1. The molecule has 1 amide bonds. The Morgan fingerprint density at radius 1 is 0.964 bits per heavy atom. The topological polar surface area (TPSA) is 73.9 Å². The molecular weight excluding hydrogens is 358 g/mol. The van der Waals surface area contributed by atoms with Crippen LogP contribution in [0.3, 0.4) is 0 Å². The van der Waals surface area contributed by atoms with Crippen molar-refractivity contribution in [1.82, 2.24) is 5.32 Å². The molecule has 0 saturated heterocycles. The smallest absolute Gasteiger partial charge is 0.328 e. The van der Waals surface area contributed by atoms with Crippen molar-refractivity contribution < 1.29 is 23.8 Å². The largest absolute Gasteiger partial charge is 0.489 e. The highest BCUT2D eigenvalue weighted by Gasteiger charge is 2.26. The first kappa shape index (κ1) is 21.3. The minimum atomic E-state index is -0.681. The van der Waals surface area contributed by atoms with E-state index in [-0.39, 0.29) is 18.4 Å². The molecule has 0 saturated carbocycles. The van der Waals surface area contributed by atoms with Gasteiger partial charge in [0, 0.05) is 0 Å². The Bertz CT molecular complexity index is 745. The third-order valence-corrected chi connectivity index (χ3v) is 4.43. The number of amides is 1. The average Bonchev–Trinajstić information content (AvgIpc) is 2.75. The molecule has 28 heavy (non-hydrogen) atoms. The van der Waals surface area contributed by atoms with Gasteiger partial charge in [-0.05, 0) is 35.7 Å². The maximum absolute atomic E-state index is 12.1. The molecule has 0 spiro atoms. The average molecular weight is 385 g/mol. The number of carbonyl (C=O) groups excluding carboxylic acids is 2. The Morgan fingerprint density at radius 2 is 1.57 bits per heavy atom. The van der Waals surface area contributed by atoms with Gasteiger partial charge in [-0.15, -0.1) is 0 Å². The van der Waals surface area contributed by atoms with Crippen molar-refractivity contribution in [3.8, 4) is 11.5 Å². The minimum Gasteiger partial charge on any atom is -0.489 e. The van der Waals surface area contributed by atoms with Gasteiger partial charge in [-0.25, -0.2) is 4.79 Å². The third-order valence-electron chi connectivity index (χ3n) is 4.43. The zero-order valence-corrected chi connectivity index (χ0v) is 16.5. The molecule has 0 heterocycles. The fourth-order valence-corrected chi connectivity index (χ4v) is 2.53. The Balaban J connectivity index is 1.81. The molecule has 0 fully saturated rings. The van der Waals surface area contributed by atoms with Gasteiger partial charge in [0.05, 0.1) is 7.11 Å². The van der Waals surface area contributed by atoms with Crippen LogP contribution < -0.4 is 14.8 Å². The van der Waals surface area contributed by atoms with Crippen LogP contribution in [0.1, 0.15) is 25.8 Å². The summed E-state index contributed by atoms with van der Waals surface area (Å²) in [5.74, 6) is 0.392. The van der Waals surface area contributed by atoms with Crippen LogP contribution in [0.15, 0.2) is 54.6 Å². The highest BCUT2D eigenvalue weighted by molar-refractivity contribution is 5.85. The van der Waals surface area contributed by atoms with Crippen LogP contribution in [-0.2, 0) is 20.9 Å². The first-order valence-electron chi connectivity index (χ1n) is 9.30. The van der Waals surface area contributed by atoms with Crippen molar-refractivity contribution in [2.75, 3.05) is 13.7 Å². The molecule has 2 rings (SSSR count). The van der Waals surface area contributed by atoms with E-state index in [0.717, 1.165) is 12.0 Å². The van der Waals surface area contributed by atoms with E-state index in [2.05, 4.69) is 5.32 Å². The number of ether oxygens (including phenoxy) is 3. The van der Waals surface area contributed by atoms with Gasteiger partial charge in [-0.2, -0.15) is 0 Å². The summed E-state index contributed by atoms with van der Waals surface area (Å²) in [6.07, 6.45) is 0.741. The van der Waals surface area contributed by atoms with Crippen molar-refractivity contribution in [2.24, 2.45) is 5.92 Å². The summed E-state index contributed by atoms with van der Waals surface area (Å²) >= 11 is 0. The van der Waals surface area contributed by atoms with Gasteiger partial charge in [0.2, 0.25) is 0 Å². The fraction of sp³-hybridized carbons (Fsp3) is 0.364. The lowest BCUT2D eigenvalue weighted by Crippen LogP contribution is -2.47. The highest BCUT2D eigenvalue weighted by Crippen LogP contribution is 2.18. The molecule has 0 aliphatic carbocycles. The number of rotatable bonds is 10. The Labute approximate surface area is 165 Å². The summed E-state index contributed by atoms with van der Waals surface area (Å²) in [7, 11) is 1.31. The SMILES string of the molecule is CC[C@H](C)[C@@H](NC(=O)COc1ccc(OCc2ccccc2)cc1)C(=O)OC. The summed E-state index contributed by atoms with van der Waals surface area (Å²) in [6.45, 7) is 4.13. The van der Waals surface area contributed by atoms with Gasteiger partial charge >= 0.3 is 5.97 Å². The van der Waals surface area contributed by atoms with Crippen LogP contribution in [0, 0.1) is 5.92 Å².